The molecule has 128 valence electrons. The number of halogens is 3. The molecule has 0 aliphatic carbocycles. The third-order valence-corrected chi connectivity index (χ3v) is 5.36. The Labute approximate surface area is 158 Å². The van der Waals surface area contributed by atoms with Crippen molar-refractivity contribution in [1.29, 1.82) is 0 Å². The Morgan fingerprint density at radius 2 is 1.67 bits per heavy atom. The molecule has 0 unspecified atom stereocenters. The van der Waals surface area contributed by atoms with Gasteiger partial charge in [-0.1, -0.05) is 40.9 Å². The van der Waals surface area contributed by atoms with Gasteiger partial charge in [0.15, 0.2) is 0 Å². The van der Waals surface area contributed by atoms with E-state index in [2.05, 4.69) is 29.3 Å². The summed E-state index contributed by atoms with van der Waals surface area (Å²) in [6.45, 7) is 4.29. The predicted molar refractivity (Wildman–Crippen MR) is 106 cm³/mol. The lowest BCUT2D eigenvalue weighted by Gasteiger charge is -2.29. The van der Waals surface area contributed by atoms with Gasteiger partial charge >= 0.3 is 0 Å². The maximum Gasteiger partial charge on any atom is 0.0639 e. The Kier molecular flexibility index (Phi) is 5.80. The summed E-state index contributed by atoms with van der Waals surface area (Å²) in [5.41, 5.74) is 3.15. The minimum Gasteiger partial charge on any atom is -0.377 e. The second-order valence-electron chi connectivity index (χ2n) is 6.24. The van der Waals surface area contributed by atoms with Crippen molar-refractivity contribution in [3.63, 3.8) is 0 Å². The van der Waals surface area contributed by atoms with E-state index >= 15 is 0 Å². The summed E-state index contributed by atoms with van der Waals surface area (Å²) in [7, 11) is 0. The summed E-state index contributed by atoms with van der Waals surface area (Å²) in [6.07, 6.45) is 3.83. The molecule has 0 spiro atoms. The van der Waals surface area contributed by atoms with Crippen molar-refractivity contribution in [3.8, 4) is 0 Å². The van der Waals surface area contributed by atoms with Gasteiger partial charge in [-0.05, 0) is 62.1 Å². The monoisotopic (exact) mass is 382 g/mol. The lowest BCUT2D eigenvalue weighted by molar-refractivity contribution is 0.578. The normalized spacial score (nSPS) is 16.1. The van der Waals surface area contributed by atoms with E-state index in [-0.39, 0.29) is 6.04 Å². The summed E-state index contributed by atoms with van der Waals surface area (Å²) in [5, 5.41) is 5.49. The van der Waals surface area contributed by atoms with Gasteiger partial charge in [-0.2, -0.15) is 0 Å². The average Bonchev–Trinajstić information content (AvgIpc) is 2.57. The van der Waals surface area contributed by atoms with Gasteiger partial charge in [0.05, 0.1) is 16.8 Å². The Hall–Kier alpha value is -1.09. The van der Waals surface area contributed by atoms with E-state index < -0.39 is 0 Å². The molecule has 0 saturated carbocycles. The molecule has 0 bridgehead atoms. The van der Waals surface area contributed by atoms with E-state index in [0.29, 0.717) is 15.1 Å². The van der Waals surface area contributed by atoms with Gasteiger partial charge in [0, 0.05) is 28.8 Å². The Bertz CT molecular complexity index is 712. The molecule has 1 saturated heterocycles. The fraction of sp³-hybridized carbons (Fsp3) is 0.368. The van der Waals surface area contributed by atoms with E-state index in [1.54, 1.807) is 6.07 Å². The first kappa shape index (κ1) is 17.7. The molecule has 5 heteroatoms. The van der Waals surface area contributed by atoms with Crippen molar-refractivity contribution in [2.24, 2.45) is 0 Å². The first-order valence-corrected chi connectivity index (χ1v) is 9.44. The maximum absolute atomic E-state index is 6.40. The molecule has 1 N–H and O–H groups in total. The smallest absolute Gasteiger partial charge is 0.0639 e. The van der Waals surface area contributed by atoms with E-state index in [4.69, 9.17) is 34.8 Å². The largest absolute Gasteiger partial charge is 0.377 e. The molecule has 2 nitrogen and oxygen atoms in total. The van der Waals surface area contributed by atoms with Crippen molar-refractivity contribution in [3.05, 3.63) is 57.0 Å². The van der Waals surface area contributed by atoms with Crippen LogP contribution in [0.4, 0.5) is 11.4 Å². The molecule has 1 atom stereocenters. The summed E-state index contributed by atoms with van der Waals surface area (Å²) >= 11 is 18.7. The van der Waals surface area contributed by atoms with Crippen LogP contribution in [-0.4, -0.2) is 13.1 Å². The van der Waals surface area contributed by atoms with Gasteiger partial charge in [0.25, 0.3) is 0 Å². The molecular formula is C19H21Cl3N2. The SMILES string of the molecule is C[C@@H](Nc1cc(N2CCCCC2)ccc1Cl)c1ccc(Cl)cc1Cl. The molecule has 2 aromatic rings. The number of hydrogen-bond donors (Lipinski definition) is 1. The molecule has 0 aromatic heterocycles. The summed E-state index contributed by atoms with van der Waals surface area (Å²) in [5.74, 6) is 0. The zero-order chi connectivity index (χ0) is 17.1. The van der Waals surface area contributed by atoms with E-state index in [9.17, 15) is 0 Å². The highest BCUT2D eigenvalue weighted by Gasteiger charge is 2.15. The molecule has 2 aromatic carbocycles. The Morgan fingerprint density at radius 3 is 2.38 bits per heavy atom. The van der Waals surface area contributed by atoms with Gasteiger partial charge in [-0.3, -0.25) is 0 Å². The summed E-state index contributed by atoms with van der Waals surface area (Å²) in [6, 6.07) is 11.8. The van der Waals surface area contributed by atoms with Crippen LogP contribution in [0.1, 0.15) is 37.8 Å². The van der Waals surface area contributed by atoms with Crippen LogP contribution in [0.5, 0.6) is 0 Å². The Balaban J connectivity index is 1.80. The minimum atomic E-state index is 0.0314. The fourth-order valence-corrected chi connectivity index (χ4v) is 3.88. The first-order valence-electron chi connectivity index (χ1n) is 8.30. The number of anilines is 2. The molecule has 1 fully saturated rings. The second-order valence-corrected chi connectivity index (χ2v) is 7.49. The molecule has 3 rings (SSSR count). The van der Waals surface area contributed by atoms with Crippen molar-refractivity contribution in [2.75, 3.05) is 23.3 Å². The highest BCUT2D eigenvalue weighted by molar-refractivity contribution is 6.35. The molecule has 1 aliphatic rings. The van der Waals surface area contributed by atoms with Crippen LogP contribution < -0.4 is 10.2 Å². The number of nitrogens with one attached hydrogen (secondary N) is 1. The Morgan fingerprint density at radius 1 is 0.917 bits per heavy atom. The average molecular weight is 384 g/mol. The van der Waals surface area contributed by atoms with Crippen molar-refractivity contribution >= 4 is 46.2 Å². The van der Waals surface area contributed by atoms with E-state index in [1.807, 2.05) is 18.2 Å². The van der Waals surface area contributed by atoms with Crippen molar-refractivity contribution in [1.82, 2.24) is 0 Å². The lowest BCUT2D eigenvalue weighted by atomic mass is 10.1. The van der Waals surface area contributed by atoms with Gasteiger partial charge in [-0.25, -0.2) is 0 Å². The third kappa shape index (κ3) is 4.11. The van der Waals surface area contributed by atoms with Crippen LogP contribution in [0.3, 0.4) is 0 Å². The van der Waals surface area contributed by atoms with Gasteiger partial charge in [0.1, 0.15) is 0 Å². The first-order chi connectivity index (χ1) is 11.5. The molecule has 0 radical (unpaired) electrons. The molecule has 1 aliphatic heterocycles. The highest BCUT2D eigenvalue weighted by atomic mass is 35.5. The van der Waals surface area contributed by atoms with E-state index in [0.717, 1.165) is 24.3 Å². The maximum atomic E-state index is 6.40. The number of benzene rings is 2. The van der Waals surface area contributed by atoms with Crippen LogP contribution in [-0.2, 0) is 0 Å². The topological polar surface area (TPSA) is 15.3 Å². The number of piperidine rings is 1. The van der Waals surface area contributed by atoms with Crippen LogP contribution >= 0.6 is 34.8 Å². The quantitative estimate of drug-likeness (QED) is 0.623. The number of hydrogen-bond acceptors (Lipinski definition) is 2. The number of nitrogens with zero attached hydrogens (tertiary/aromatic N) is 1. The van der Waals surface area contributed by atoms with Gasteiger partial charge in [-0.15, -0.1) is 0 Å². The second kappa shape index (κ2) is 7.86. The fourth-order valence-electron chi connectivity index (χ4n) is 3.14. The van der Waals surface area contributed by atoms with Gasteiger partial charge < -0.3 is 10.2 Å². The molecule has 0 amide bonds. The zero-order valence-electron chi connectivity index (χ0n) is 13.7. The van der Waals surface area contributed by atoms with Crippen LogP contribution in [0, 0.1) is 0 Å². The van der Waals surface area contributed by atoms with Crippen molar-refractivity contribution < 1.29 is 0 Å². The van der Waals surface area contributed by atoms with E-state index in [1.165, 1.54) is 24.9 Å². The van der Waals surface area contributed by atoms with Crippen LogP contribution in [0.25, 0.3) is 0 Å². The minimum absolute atomic E-state index is 0.0314. The van der Waals surface area contributed by atoms with Gasteiger partial charge in [0.2, 0.25) is 0 Å². The number of rotatable bonds is 4. The van der Waals surface area contributed by atoms with Crippen LogP contribution in [0.15, 0.2) is 36.4 Å². The lowest BCUT2D eigenvalue weighted by Crippen LogP contribution is -2.29. The standard InChI is InChI=1S/C19H21Cl3N2/c1-13(16-7-5-14(20)11-18(16)22)23-19-12-15(6-8-17(19)21)24-9-3-2-4-10-24/h5-8,11-13,23H,2-4,9-10H2,1H3/t13-/m1/s1. The zero-order valence-corrected chi connectivity index (χ0v) is 15.9. The van der Waals surface area contributed by atoms with Crippen molar-refractivity contribution in [2.45, 2.75) is 32.2 Å². The molecule has 24 heavy (non-hydrogen) atoms. The summed E-state index contributed by atoms with van der Waals surface area (Å²) < 4.78 is 0. The van der Waals surface area contributed by atoms with Crippen LogP contribution in [0.2, 0.25) is 15.1 Å². The summed E-state index contributed by atoms with van der Waals surface area (Å²) in [4.78, 5) is 2.42. The highest BCUT2D eigenvalue weighted by Crippen LogP contribution is 2.33. The third-order valence-electron chi connectivity index (χ3n) is 4.47. The molecular weight excluding hydrogens is 363 g/mol. The predicted octanol–water partition coefficient (Wildman–Crippen LogP) is 6.81. The molecule has 1 heterocycles.